The van der Waals surface area contributed by atoms with Gasteiger partial charge < -0.3 is 9.80 Å². The zero-order valence-corrected chi connectivity index (χ0v) is 28.0. The molecule has 2 rings (SSSR count). The van der Waals surface area contributed by atoms with Crippen molar-refractivity contribution in [3.05, 3.63) is 48.6 Å². The Morgan fingerprint density at radius 3 is 1.98 bits per heavy atom. The highest BCUT2D eigenvalue weighted by Crippen LogP contribution is 2.31. The van der Waals surface area contributed by atoms with Crippen molar-refractivity contribution in [2.45, 2.75) is 155 Å². The Labute approximate surface area is 257 Å². The highest BCUT2D eigenvalue weighted by atomic mass is 15.2. The van der Waals surface area contributed by atoms with Crippen molar-refractivity contribution in [3.8, 4) is 0 Å². The second-order valence-electron chi connectivity index (χ2n) is 13.5. The number of likely N-dealkylation sites (tertiary alicyclic amines) is 2. The Hall–Kier alpha value is -1.12. The van der Waals surface area contributed by atoms with Crippen molar-refractivity contribution < 1.29 is 0 Å². The topological polar surface area (TPSA) is 6.48 Å². The number of allylic oxidation sites excluding steroid dienone is 6. The molecule has 2 saturated heterocycles. The van der Waals surface area contributed by atoms with Crippen molar-refractivity contribution in [2.24, 2.45) is 11.8 Å². The van der Waals surface area contributed by atoms with Gasteiger partial charge in [-0.3, -0.25) is 0 Å². The van der Waals surface area contributed by atoms with Crippen LogP contribution in [0.4, 0.5) is 0 Å². The van der Waals surface area contributed by atoms with Crippen LogP contribution < -0.4 is 0 Å². The van der Waals surface area contributed by atoms with Crippen molar-refractivity contribution >= 4 is 0 Å². The van der Waals surface area contributed by atoms with Crippen LogP contribution in [-0.2, 0) is 0 Å². The highest BCUT2D eigenvalue weighted by molar-refractivity contribution is 5.03. The van der Waals surface area contributed by atoms with E-state index < -0.39 is 0 Å². The largest absolute Gasteiger partial charge is 0.303 e. The minimum atomic E-state index is 0.766. The van der Waals surface area contributed by atoms with E-state index in [2.05, 4.69) is 68.0 Å². The van der Waals surface area contributed by atoms with E-state index in [1.54, 1.807) is 5.57 Å². The van der Waals surface area contributed by atoms with E-state index in [4.69, 9.17) is 0 Å². The van der Waals surface area contributed by atoms with Gasteiger partial charge in [0.1, 0.15) is 0 Å². The van der Waals surface area contributed by atoms with Crippen LogP contribution in [0.1, 0.15) is 149 Å². The summed E-state index contributed by atoms with van der Waals surface area (Å²) in [6, 6.07) is 0.838. The lowest BCUT2D eigenvalue weighted by Crippen LogP contribution is -2.47. The second kappa shape index (κ2) is 23.3. The van der Waals surface area contributed by atoms with E-state index in [9.17, 15) is 0 Å². The fraction of sp³-hybridized carbons (Fsp3) is 0.795. The van der Waals surface area contributed by atoms with Crippen LogP contribution in [0.15, 0.2) is 48.6 Å². The summed E-state index contributed by atoms with van der Waals surface area (Å²) in [7, 11) is 0. The number of unbranched alkanes of at least 4 members (excludes halogenated alkanes) is 8. The maximum absolute atomic E-state index is 4.56. The number of rotatable bonds is 23. The molecule has 2 heterocycles. The maximum atomic E-state index is 4.56. The van der Waals surface area contributed by atoms with Gasteiger partial charge in [0, 0.05) is 6.04 Å². The summed E-state index contributed by atoms with van der Waals surface area (Å²) in [5.74, 6) is 1.55. The zero-order valence-electron chi connectivity index (χ0n) is 28.0. The highest BCUT2D eigenvalue weighted by Gasteiger charge is 2.28. The molecule has 0 radical (unpaired) electrons. The average Bonchev–Trinajstić information content (AvgIpc) is 3.00. The molecule has 0 aromatic heterocycles. The van der Waals surface area contributed by atoms with Crippen LogP contribution in [0, 0.1) is 11.8 Å². The quantitative estimate of drug-likeness (QED) is 0.0896. The van der Waals surface area contributed by atoms with E-state index in [1.165, 1.54) is 160 Å². The molecule has 0 N–H and O–H groups in total. The molecular formula is C39H70N2. The molecule has 0 bridgehead atoms. The van der Waals surface area contributed by atoms with Crippen LogP contribution in [0.3, 0.4) is 0 Å². The molecule has 0 amide bonds. The molecule has 2 fully saturated rings. The molecule has 2 heteroatoms. The molecule has 41 heavy (non-hydrogen) atoms. The number of hydrogen-bond donors (Lipinski definition) is 0. The molecule has 2 aliphatic heterocycles. The van der Waals surface area contributed by atoms with Crippen LogP contribution >= 0.6 is 0 Å². The van der Waals surface area contributed by atoms with Crippen molar-refractivity contribution in [2.75, 3.05) is 32.7 Å². The van der Waals surface area contributed by atoms with Crippen molar-refractivity contribution in [3.63, 3.8) is 0 Å². The fourth-order valence-electron chi connectivity index (χ4n) is 6.82. The van der Waals surface area contributed by atoms with E-state index >= 15 is 0 Å². The Morgan fingerprint density at radius 2 is 1.32 bits per heavy atom. The van der Waals surface area contributed by atoms with Gasteiger partial charge in [-0.2, -0.15) is 0 Å². The molecule has 0 saturated carbocycles. The lowest BCUT2D eigenvalue weighted by atomic mass is 9.84. The number of hydrogen-bond acceptors (Lipinski definition) is 2. The second-order valence-corrected chi connectivity index (χ2v) is 13.5. The smallest absolute Gasteiger partial charge is 0.0120 e. The van der Waals surface area contributed by atoms with Gasteiger partial charge in [-0.25, -0.2) is 0 Å². The van der Waals surface area contributed by atoms with Gasteiger partial charge in [-0.1, -0.05) is 101 Å². The summed E-state index contributed by atoms with van der Waals surface area (Å²) in [5, 5.41) is 0. The van der Waals surface area contributed by atoms with E-state index in [0.29, 0.717) is 0 Å². The van der Waals surface area contributed by atoms with Crippen LogP contribution in [0.2, 0.25) is 0 Å². The first-order valence-electron chi connectivity index (χ1n) is 18.1. The third kappa shape index (κ3) is 16.9. The Balaban J connectivity index is 1.40. The van der Waals surface area contributed by atoms with Gasteiger partial charge in [0.05, 0.1) is 0 Å². The number of nitrogens with zero attached hydrogens (tertiary/aromatic N) is 2. The summed E-state index contributed by atoms with van der Waals surface area (Å²) in [5.41, 5.74) is 3.03. The Morgan fingerprint density at radius 1 is 0.707 bits per heavy atom. The van der Waals surface area contributed by atoms with Gasteiger partial charge in [0.2, 0.25) is 0 Å². The van der Waals surface area contributed by atoms with Crippen LogP contribution in [-0.4, -0.2) is 48.6 Å². The third-order valence-corrected chi connectivity index (χ3v) is 10.1. The summed E-state index contributed by atoms with van der Waals surface area (Å²) in [4.78, 5) is 5.42. The first-order valence-corrected chi connectivity index (χ1v) is 18.1. The van der Waals surface area contributed by atoms with Gasteiger partial charge in [0.15, 0.2) is 0 Å². The van der Waals surface area contributed by atoms with Gasteiger partial charge >= 0.3 is 0 Å². The summed E-state index contributed by atoms with van der Waals surface area (Å²) in [6.45, 7) is 22.4. The predicted octanol–water partition coefficient (Wildman–Crippen LogP) is 11.3. The molecule has 1 unspecified atom stereocenters. The molecule has 0 aliphatic carbocycles. The zero-order chi connectivity index (χ0) is 29.5. The molecule has 2 aliphatic rings. The molecule has 1 atom stereocenters. The Kier molecular flexibility index (Phi) is 20.5. The third-order valence-electron chi connectivity index (χ3n) is 10.1. The van der Waals surface area contributed by atoms with E-state index in [1.807, 2.05) is 0 Å². The molecule has 0 aromatic carbocycles. The minimum Gasteiger partial charge on any atom is -0.303 e. The maximum Gasteiger partial charge on any atom is 0.0120 e. The molecule has 236 valence electrons. The summed E-state index contributed by atoms with van der Waals surface area (Å²) >= 11 is 0. The normalized spacial score (nSPS) is 19.0. The first-order chi connectivity index (χ1) is 20.0. The average molecular weight is 567 g/mol. The van der Waals surface area contributed by atoms with Crippen molar-refractivity contribution in [1.82, 2.24) is 9.80 Å². The minimum absolute atomic E-state index is 0.766. The lowest BCUT2D eigenvalue weighted by molar-refractivity contribution is 0.0841. The first kappa shape index (κ1) is 36.1. The number of piperidine rings is 2. The molecule has 0 spiro atoms. The standard InChI is InChI=1S/C39H70N2/c1-6-8-9-10-11-12-13-14-15-16-17-18-19-20-21-22-35(3)23-24-36(4)25-26-37(5)38-27-33-41(34-28-38)39-29-31-40(7-2)32-30-39/h11-12,14-15,36,38-39H,3,5-10,13,16-34H2,1-2,4H3/b12-11-,15-14-. The molecule has 2 nitrogen and oxygen atoms in total. The molecular weight excluding hydrogens is 496 g/mol. The van der Waals surface area contributed by atoms with E-state index in [-0.39, 0.29) is 0 Å². The summed E-state index contributed by atoms with van der Waals surface area (Å²) in [6.07, 6.45) is 35.6. The Bertz CT molecular complexity index is 718. The predicted molar refractivity (Wildman–Crippen MR) is 185 cm³/mol. The molecule has 0 aromatic rings. The van der Waals surface area contributed by atoms with Gasteiger partial charge in [-0.05, 0) is 141 Å². The van der Waals surface area contributed by atoms with Gasteiger partial charge in [0.25, 0.3) is 0 Å². The van der Waals surface area contributed by atoms with E-state index in [0.717, 1.165) is 24.3 Å². The SMILES string of the molecule is C=C(CCCCCCC/C=C\C/C=C\CCCCC)CCC(C)CCC(=C)C1CCN(C2CCN(CC)CC2)CC1. The van der Waals surface area contributed by atoms with Crippen molar-refractivity contribution in [1.29, 1.82) is 0 Å². The monoisotopic (exact) mass is 567 g/mol. The fourth-order valence-corrected chi connectivity index (χ4v) is 6.82. The van der Waals surface area contributed by atoms with Crippen LogP contribution in [0.25, 0.3) is 0 Å². The lowest BCUT2D eigenvalue weighted by Gasteiger charge is -2.42. The van der Waals surface area contributed by atoms with Crippen LogP contribution in [0.5, 0.6) is 0 Å². The summed E-state index contributed by atoms with van der Waals surface area (Å²) < 4.78 is 0. The van der Waals surface area contributed by atoms with Gasteiger partial charge in [-0.15, -0.1) is 0 Å².